The Kier molecular flexibility index (Phi) is 9.85. The summed E-state index contributed by atoms with van der Waals surface area (Å²) in [5.74, 6) is 1.64. The standard InChI is InChI=1S/C67H48N2O/c1-67(2)61-26-13-12-23-57(61)58-41-40-55(43-62(58)67)68(52-34-28-48(29-35-52)45-16-6-3-7-17-45)56-42-51-22-14-24-59-60-25-15-27-63(66(60)70-64(44-56)65(51)59)69(53-36-30-49(31-37-53)46-18-8-4-9-19-46)54-38-32-50(33-39-54)47-20-10-5-11-21-47/h3-44H,1-2H3. The van der Waals surface area contributed by atoms with Crippen LogP contribution in [0.1, 0.15) is 25.0 Å². The minimum atomic E-state index is -0.159. The molecule has 0 amide bonds. The molecule has 11 aromatic carbocycles. The SMILES string of the molecule is CC1(C)c2ccccc2-c2ccc(N(c3ccc(-c4ccccc4)cc3)c3cc4c5c(cccc5c3)-c3cccc(N(c5ccc(-c6ccccc6)cc5)c5ccc(-c6ccccc6)cc5)c3O4)cc21. The fourth-order valence-corrected chi connectivity index (χ4v) is 10.9. The molecule has 2 aliphatic rings. The average molecular weight is 897 g/mol. The third-order valence-electron chi connectivity index (χ3n) is 14.4. The van der Waals surface area contributed by atoms with Crippen LogP contribution in [-0.4, -0.2) is 0 Å². The number of ether oxygens (including phenoxy) is 1. The van der Waals surface area contributed by atoms with E-state index in [1.165, 1.54) is 55.6 Å². The number of fused-ring (bicyclic) bond motifs is 5. The number of benzene rings is 11. The monoisotopic (exact) mass is 896 g/mol. The van der Waals surface area contributed by atoms with Crippen molar-refractivity contribution in [2.45, 2.75) is 19.3 Å². The highest BCUT2D eigenvalue weighted by Crippen LogP contribution is 2.55. The Balaban J connectivity index is 0.960. The lowest BCUT2D eigenvalue weighted by Crippen LogP contribution is -2.16. The van der Waals surface area contributed by atoms with Crippen LogP contribution in [0.5, 0.6) is 11.5 Å². The molecule has 3 nitrogen and oxygen atoms in total. The van der Waals surface area contributed by atoms with Gasteiger partial charge in [0.1, 0.15) is 5.75 Å². The van der Waals surface area contributed by atoms with E-state index in [-0.39, 0.29) is 5.41 Å². The number of hydrogen-bond acceptors (Lipinski definition) is 3. The summed E-state index contributed by atoms with van der Waals surface area (Å²) in [5, 5.41) is 2.22. The van der Waals surface area contributed by atoms with E-state index >= 15 is 0 Å². The van der Waals surface area contributed by atoms with Gasteiger partial charge in [0.05, 0.1) is 11.4 Å². The molecule has 1 heterocycles. The molecular formula is C67H48N2O. The number of anilines is 6. The predicted octanol–water partition coefficient (Wildman–Crippen LogP) is 18.9. The van der Waals surface area contributed by atoms with Crippen molar-refractivity contribution in [3.05, 3.63) is 266 Å². The van der Waals surface area contributed by atoms with Crippen molar-refractivity contribution in [1.29, 1.82) is 0 Å². The minimum Gasteiger partial charge on any atom is -0.454 e. The minimum absolute atomic E-state index is 0.159. The summed E-state index contributed by atoms with van der Waals surface area (Å²) in [6.07, 6.45) is 0. The summed E-state index contributed by atoms with van der Waals surface area (Å²) in [4.78, 5) is 4.73. The molecule has 0 radical (unpaired) electrons. The molecule has 0 aromatic heterocycles. The van der Waals surface area contributed by atoms with Crippen LogP contribution in [0.4, 0.5) is 34.1 Å². The first-order valence-electron chi connectivity index (χ1n) is 24.2. The molecule has 0 N–H and O–H groups in total. The zero-order valence-corrected chi connectivity index (χ0v) is 39.1. The summed E-state index contributed by atoms with van der Waals surface area (Å²) < 4.78 is 7.41. The Morgan fingerprint density at radius 1 is 0.314 bits per heavy atom. The second-order valence-corrected chi connectivity index (χ2v) is 18.9. The van der Waals surface area contributed by atoms with Crippen molar-refractivity contribution >= 4 is 44.9 Å². The molecule has 13 rings (SSSR count). The molecule has 1 aliphatic heterocycles. The summed E-state index contributed by atoms with van der Waals surface area (Å²) in [6, 6.07) is 92.1. The van der Waals surface area contributed by atoms with Gasteiger partial charge in [-0.1, -0.05) is 202 Å². The van der Waals surface area contributed by atoms with Crippen LogP contribution in [0.2, 0.25) is 0 Å². The van der Waals surface area contributed by atoms with Crippen LogP contribution in [0.25, 0.3) is 66.4 Å². The molecule has 0 unspecified atom stereocenters. The molecular weight excluding hydrogens is 849 g/mol. The molecule has 0 bridgehead atoms. The van der Waals surface area contributed by atoms with E-state index < -0.39 is 0 Å². The second kappa shape index (κ2) is 16.7. The number of para-hydroxylation sites is 1. The van der Waals surface area contributed by atoms with Gasteiger partial charge in [0.2, 0.25) is 0 Å². The molecule has 0 atom stereocenters. The first-order valence-corrected chi connectivity index (χ1v) is 24.2. The van der Waals surface area contributed by atoms with Crippen molar-refractivity contribution in [2.24, 2.45) is 0 Å². The zero-order chi connectivity index (χ0) is 46.8. The van der Waals surface area contributed by atoms with E-state index in [0.717, 1.165) is 67.5 Å². The molecule has 332 valence electrons. The Hall–Kier alpha value is -8.92. The van der Waals surface area contributed by atoms with Gasteiger partial charge in [-0.05, 0) is 127 Å². The lowest BCUT2D eigenvalue weighted by molar-refractivity contribution is 0.488. The van der Waals surface area contributed by atoms with Gasteiger partial charge in [-0.15, -0.1) is 0 Å². The maximum absolute atomic E-state index is 7.41. The first kappa shape index (κ1) is 41.3. The molecule has 0 spiro atoms. The Bertz CT molecular complexity index is 3650. The van der Waals surface area contributed by atoms with Crippen LogP contribution < -0.4 is 14.5 Å². The number of hydrogen-bond donors (Lipinski definition) is 0. The third-order valence-corrected chi connectivity index (χ3v) is 14.4. The van der Waals surface area contributed by atoms with Gasteiger partial charge < -0.3 is 14.5 Å². The highest BCUT2D eigenvalue weighted by Gasteiger charge is 2.36. The smallest absolute Gasteiger partial charge is 0.159 e. The molecule has 0 fully saturated rings. The van der Waals surface area contributed by atoms with Gasteiger partial charge in [-0.3, -0.25) is 0 Å². The Morgan fingerprint density at radius 3 is 1.36 bits per heavy atom. The van der Waals surface area contributed by atoms with Crippen molar-refractivity contribution in [3.8, 4) is 67.1 Å². The van der Waals surface area contributed by atoms with Crippen LogP contribution >= 0.6 is 0 Å². The van der Waals surface area contributed by atoms with E-state index in [2.05, 4.69) is 278 Å². The molecule has 70 heavy (non-hydrogen) atoms. The Morgan fingerprint density at radius 2 is 0.771 bits per heavy atom. The molecule has 3 heteroatoms. The van der Waals surface area contributed by atoms with Crippen molar-refractivity contribution in [1.82, 2.24) is 0 Å². The van der Waals surface area contributed by atoms with Crippen LogP contribution in [0.15, 0.2) is 255 Å². The van der Waals surface area contributed by atoms with Crippen molar-refractivity contribution < 1.29 is 4.74 Å². The van der Waals surface area contributed by atoms with E-state index in [0.29, 0.717) is 0 Å². The number of nitrogens with zero attached hydrogens (tertiary/aromatic N) is 2. The van der Waals surface area contributed by atoms with Crippen molar-refractivity contribution in [2.75, 3.05) is 9.80 Å². The van der Waals surface area contributed by atoms with Gasteiger partial charge in [0, 0.05) is 45.2 Å². The average Bonchev–Trinajstić information content (AvgIpc) is 3.65. The summed E-state index contributed by atoms with van der Waals surface area (Å²) in [7, 11) is 0. The quantitative estimate of drug-likeness (QED) is 0.144. The lowest BCUT2D eigenvalue weighted by atomic mass is 9.82. The summed E-state index contributed by atoms with van der Waals surface area (Å²) in [6.45, 7) is 4.70. The first-order chi connectivity index (χ1) is 34.5. The van der Waals surface area contributed by atoms with Crippen LogP contribution in [0.3, 0.4) is 0 Å². The fourth-order valence-electron chi connectivity index (χ4n) is 10.9. The second-order valence-electron chi connectivity index (χ2n) is 18.9. The molecule has 1 aliphatic carbocycles. The van der Waals surface area contributed by atoms with E-state index in [4.69, 9.17) is 4.74 Å². The topological polar surface area (TPSA) is 15.7 Å². The van der Waals surface area contributed by atoms with Crippen molar-refractivity contribution in [3.63, 3.8) is 0 Å². The van der Waals surface area contributed by atoms with Gasteiger partial charge in [0.15, 0.2) is 5.75 Å². The van der Waals surface area contributed by atoms with Gasteiger partial charge >= 0.3 is 0 Å². The largest absolute Gasteiger partial charge is 0.454 e. The van der Waals surface area contributed by atoms with Gasteiger partial charge in [-0.25, -0.2) is 0 Å². The zero-order valence-electron chi connectivity index (χ0n) is 39.1. The highest BCUT2D eigenvalue weighted by molar-refractivity contribution is 6.08. The molecule has 0 saturated carbocycles. The third kappa shape index (κ3) is 6.97. The highest BCUT2D eigenvalue weighted by atomic mass is 16.5. The van der Waals surface area contributed by atoms with Gasteiger partial charge in [-0.2, -0.15) is 0 Å². The lowest BCUT2D eigenvalue weighted by Gasteiger charge is -2.32. The maximum atomic E-state index is 7.41. The van der Waals surface area contributed by atoms with Crippen LogP contribution in [-0.2, 0) is 5.41 Å². The number of rotatable bonds is 9. The molecule has 0 saturated heterocycles. The van der Waals surface area contributed by atoms with E-state index in [9.17, 15) is 0 Å². The van der Waals surface area contributed by atoms with E-state index in [1.807, 2.05) is 0 Å². The Labute approximate surface area is 409 Å². The predicted molar refractivity (Wildman–Crippen MR) is 293 cm³/mol. The molecule has 11 aromatic rings. The van der Waals surface area contributed by atoms with Crippen LogP contribution in [0, 0.1) is 0 Å². The van der Waals surface area contributed by atoms with E-state index in [1.54, 1.807) is 0 Å². The fraction of sp³-hybridized carbons (Fsp3) is 0.0448. The van der Waals surface area contributed by atoms with Gasteiger partial charge in [0.25, 0.3) is 0 Å². The normalized spacial score (nSPS) is 12.7. The summed E-state index contributed by atoms with van der Waals surface area (Å²) >= 11 is 0. The maximum Gasteiger partial charge on any atom is 0.159 e. The summed E-state index contributed by atoms with van der Waals surface area (Å²) in [5.41, 5.74) is 20.6.